The minimum absolute atomic E-state index is 0.334. The fraction of sp³-hybridized carbons (Fsp3) is 0.360. The van der Waals surface area contributed by atoms with E-state index in [0.717, 1.165) is 37.5 Å². The van der Waals surface area contributed by atoms with E-state index in [1.54, 1.807) is 0 Å². The van der Waals surface area contributed by atoms with Crippen LogP contribution in [0.5, 0.6) is 5.75 Å². The quantitative estimate of drug-likeness (QED) is 0.631. The second-order valence-electron chi connectivity index (χ2n) is 8.02. The van der Waals surface area contributed by atoms with Crippen molar-refractivity contribution in [2.24, 2.45) is 0 Å². The SMILES string of the molecule is CCOc1ccc([C@H]2NC(=O)NC(CN3CCN(c4ccccc4)CC3)=C2C(=O)OC)cc1. The Labute approximate surface area is 194 Å². The van der Waals surface area contributed by atoms with Gasteiger partial charge in [0.05, 0.1) is 25.3 Å². The molecule has 0 aliphatic carbocycles. The Bertz CT molecular complexity index is 999. The van der Waals surface area contributed by atoms with Gasteiger partial charge in [-0.25, -0.2) is 9.59 Å². The first-order chi connectivity index (χ1) is 16.1. The maximum atomic E-state index is 12.8. The Morgan fingerprint density at radius 3 is 2.36 bits per heavy atom. The summed E-state index contributed by atoms with van der Waals surface area (Å²) in [6.07, 6.45) is 0. The molecular weight excluding hydrogens is 420 g/mol. The van der Waals surface area contributed by atoms with Gasteiger partial charge >= 0.3 is 12.0 Å². The molecule has 33 heavy (non-hydrogen) atoms. The number of nitrogens with one attached hydrogen (secondary N) is 2. The van der Waals surface area contributed by atoms with Crippen molar-refractivity contribution in [3.05, 3.63) is 71.4 Å². The number of amides is 2. The van der Waals surface area contributed by atoms with E-state index in [9.17, 15) is 9.59 Å². The molecular formula is C25H30N4O4. The highest BCUT2D eigenvalue weighted by atomic mass is 16.5. The number of carbonyl (C=O) groups is 2. The molecule has 8 nitrogen and oxygen atoms in total. The monoisotopic (exact) mass is 450 g/mol. The van der Waals surface area contributed by atoms with E-state index in [0.29, 0.717) is 24.4 Å². The molecule has 2 aliphatic heterocycles. The van der Waals surface area contributed by atoms with E-state index < -0.39 is 12.0 Å². The fourth-order valence-electron chi connectivity index (χ4n) is 4.29. The number of urea groups is 1. The molecule has 0 aromatic heterocycles. The van der Waals surface area contributed by atoms with Crippen LogP contribution in [0.1, 0.15) is 18.5 Å². The Kier molecular flexibility index (Phi) is 7.14. The van der Waals surface area contributed by atoms with Crippen LogP contribution in [0.2, 0.25) is 0 Å². The number of ether oxygens (including phenoxy) is 2. The van der Waals surface area contributed by atoms with Crippen molar-refractivity contribution in [2.75, 3.05) is 51.3 Å². The summed E-state index contributed by atoms with van der Waals surface area (Å²) in [7, 11) is 1.36. The van der Waals surface area contributed by atoms with Gasteiger partial charge < -0.3 is 25.0 Å². The van der Waals surface area contributed by atoms with Gasteiger partial charge in [0.2, 0.25) is 0 Å². The van der Waals surface area contributed by atoms with Crippen molar-refractivity contribution < 1.29 is 19.1 Å². The lowest BCUT2D eigenvalue weighted by Crippen LogP contribution is -2.51. The third kappa shape index (κ3) is 5.28. The maximum absolute atomic E-state index is 12.8. The number of hydrogen-bond donors (Lipinski definition) is 2. The second-order valence-corrected chi connectivity index (χ2v) is 8.02. The topological polar surface area (TPSA) is 83.1 Å². The summed E-state index contributed by atoms with van der Waals surface area (Å²) in [6.45, 7) is 6.35. The summed E-state index contributed by atoms with van der Waals surface area (Å²) in [5.41, 5.74) is 3.00. The van der Waals surface area contributed by atoms with Gasteiger partial charge in [0, 0.05) is 44.1 Å². The van der Waals surface area contributed by atoms with Crippen molar-refractivity contribution in [2.45, 2.75) is 13.0 Å². The fourth-order valence-corrected chi connectivity index (χ4v) is 4.29. The summed E-state index contributed by atoms with van der Waals surface area (Å²) in [5, 5.41) is 5.72. The third-order valence-corrected chi connectivity index (χ3v) is 5.96. The zero-order chi connectivity index (χ0) is 23.2. The molecule has 2 aromatic rings. The normalized spacial score (nSPS) is 19.0. The first-order valence-electron chi connectivity index (χ1n) is 11.2. The molecule has 174 valence electrons. The average molecular weight is 451 g/mol. The van der Waals surface area contributed by atoms with Gasteiger partial charge in [-0.15, -0.1) is 0 Å². The molecule has 1 fully saturated rings. The van der Waals surface area contributed by atoms with Gasteiger partial charge in [-0.3, -0.25) is 4.90 Å². The minimum Gasteiger partial charge on any atom is -0.494 e. The van der Waals surface area contributed by atoms with E-state index in [1.807, 2.05) is 49.4 Å². The van der Waals surface area contributed by atoms with Crippen molar-refractivity contribution in [1.29, 1.82) is 0 Å². The van der Waals surface area contributed by atoms with Gasteiger partial charge in [-0.05, 0) is 36.8 Å². The molecule has 0 bridgehead atoms. The first kappa shape index (κ1) is 22.7. The molecule has 2 amide bonds. The van der Waals surface area contributed by atoms with Crippen molar-refractivity contribution in [3.63, 3.8) is 0 Å². The summed E-state index contributed by atoms with van der Waals surface area (Å²) >= 11 is 0. The van der Waals surface area contributed by atoms with Crippen molar-refractivity contribution in [1.82, 2.24) is 15.5 Å². The Balaban J connectivity index is 1.53. The molecule has 2 aromatic carbocycles. The number of benzene rings is 2. The van der Waals surface area contributed by atoms with E-state index in [-0.39, 0.29) is 6.03 Å². The number of para-hydroxylation sites is 1. The van der Waals surface area contributed by atoms with Crippen LogP contribution in [-0.2, 0) is 9.53 Å². The summed E-state index contributed by atoms with van der Waals surface area (Å²) in [5.74, 6) is 0.279. The lowest BCUT2D eigenvalue weighted by Gasteiger charge is -2.38. The van der Waals surface area contributed by atoms with E-state index >= 15 is 0 Å². The summed E-state index contributed by atoms with van der Waals surface area (Å²) < 4.78 is 10.6. The summed E-state index contributed by atoms with van der Waals surface area (Å²) in [6, 6.07) is 16.8. The molecule has 1 saturated heterocycles. The first-order valence-corrected chi connectivity index (χ1v) is 11.2. The molecule has 4 rings (SSSR count). The number of carbonyl (C=O) groups excluding carboxylic acids is 2. The van der Waals surface area contributed by atoms with Crippen LogP contribution in [-0.4, -0.2) is 63.3 Å². The molecule has 0 spiro atoms. The lowest BCUT2D eigenvalue weighted by atomic mass is 9.95. The van der Waals surface area contributed by atoms with Crippen LogP contribution in [0, 0.1) is 0 Å². The molecule has 0 saturated carbocycles. The molecule has 8 heteroatoms. The Morgan fingerprint density at radius 1 is 1.03 bits per heavy atom. The van der Waals surface area contributed by atoms with Gasteiger partial charge in [-0.1, -0.05) is 30.3 Å². The zero-order valence-electron chi connectivity index (χ0n) is 19.0. The number of hydrogen-bond acceptors (Lipinski definition) is 6. The lowest BCUT2D eigenvalue weighted by molar-refractivity contribution is -0.136. The van der Waals surface area contributed by atoms with E-state index in [4.69, 9.17) is 9.47 Å². The highest BCUT2D eigenvalue weighted by molar-refractivity contribution is 5.95. The van der Waals surface area contributed by atoms with Crippen LogP contribution in [0.25, 0.3) is 0 Å². The predicted molar refractivity (Wildman–Crippen MR) is 126 cm³/mol. The van der Waals surface area contributed by atoms with Crippen molar-refractivity contribution in [3.8, 4) is 5.75 Å². The number of piperazine rings is 1. The third-order valence-electron chi connectivity index (χ3n) is 5.96. The molecule has 1 atom stereocenters. The number of anilines is 1. The van der Waals surface area contributed by atoms with E-state index in [1.165, 1.54) is 12.8 Å². The summed E-state index contributed by atoms with van der Waals surface area (Å²) in [4.78, 5) is 29.9. The highest BCUT2D eigenvalue weighted by Crippen LogP contribution is 2.29. The smallest absolute Gasteiger partial charge is 0.338 e. The van der Waals surface area contributed by atoms with Crippen LogP contribution in [0.15, 0.2) is 65.9 Å². The predicted octanol–water partition coefficient (Wildman–Crippen LogP) is 2.69. The Hall–Kier alpha value is -3.52. The molecule has 0 radical (unpaired) electrons. The largest absolute Gasteiger partial charge is 0.494 e. The molecule has 2 N–H and O–H groups in total. The van der Waals surface area contributed by atoms with Crippen LogP contribution >= 0.6 is 0 Å². The molecule has 2 aliphatic rings. The average Bonchev–Trinajstić information content (AvgIpc) is 2.85. The van der Waals surface area contributed by atoms with Crippen molar-refractivity contribution >= 4 is 17.7 Å². The zero-order valence-corrected chi connectivity index (χ0v) is 19.0. The van der Waals surface area contributed by atoms with Gasteiger partial charge in [-0.2, -0.15) is 0 Å². The maximum Gasteiger partial charge on any atom is 0.338 e. The van der Waals surface area contributed by atoms with Crippen LogP contribution in [0.3, 0.4) is 0 Å². The minimum atomic E-state index is -0.595. The molecule has 0 unspecified atom stereocenters. The number of rotatable bonds is 7. The van der Waals surface area contributed by atoms with Crippen LogP contribution < -0.4 is 20.3 Å². The second kappa shape index (κ2) is 10.4. The standard InChI is InChI=1S/C25H30N4O4/c1-3-33-20-11-9-18(10-12-20)23-22(24(30)32-2)21(26-25(31)27-23)17-28-13-15-29(16-14-28)19-7-5-4-6-8-19/h4-12,23H,3,13-17H2,1-2H3,(H2,26,27,31)/t23-/m1/s1. The number of methoxy groups -OCH3 is 1. The Morgan fingerprint density at radius 2 is 1.73 bits per heavy atom. The number of esters is 1. The van der Waals surface area contributed by atoms with Gasteiger partial charge in [0.25, 0.3) is 0 Å². The van der Waals surface area contributed by atoms with Crippen LogP contribution in [0.4, 0.5) is 10.5 Å². The molecule has 2 heterocycles. The highest BCUT2D eigenvalue weighted by Gasteiger charge is 2.34. The van der Waals surface area contributed by atoms with Gasteiger partial charge in [0.1, 0.15) is 5.75 Å². The van der Waals surface area contributed by atoms with E-state index in [2.05, 4.69) is 32.6 Å². The number of nitrogens with zero attached hydrogens (tertiary/aromatic N) is 2. The van der Waals surface area contributed by atoms with Gasteiger partial charge in [0.15, 0.2) is 0 Å².